The van der Waals surface area contributed by atoms with Gasteiger partial charge in [0.15, 0.2) is 17.5 Å². The van der Waals surface area contributed by atoms with Gasteiger partial charge in [-0.3, -0.25) is 0 Å². The van der Waals surface area contributed by atoms with Crippen LogP contribution in [0, 0.1) is 5.82 Å². The molecule has 0 aliphatic carbocycles. The van der Waals surface area contributed by atoms with Gasteiger partial charge in [0.25, 0.3) is 0 Å². The number of furan rings is 1. The highest BCUT2D eigenvalue weighted by Crippen LogP contribution is 2.43. The van der Waals surface area contributed by atoms with Crippen molar-refractivity contribution in [2.45, 2.75) is 0 Å². The summed E-state index contributed by atoms with van der Waals surface area (Å²) in [5.41, 5.74) is 8.05. The van der Waals surface area contributed by atoms with Gasteiger partial charge in [-0.15, -0.1) is 0 Å². The first-order chi connectivity index (χ1) is 25.7. The van der Waals surface area contributed by atoms with Crippen molar-refractivity contribution in [2.24, 2.45) is 0 Å². The smallest absolute Gasteiger partial charge is 0.164 e. The van der Waals surface area contributed by atoms with E-state index in [2.05, 4.69) is 91.0 Å². The second-order valence-corrected chi connectivity index (χ2v) is 12.9. The zero-order valence-corrected chi connectivity index (χ0v) is 27.8. The van der Waals surface area contributed by atoms with E-state index in [0.29, 0.717) is 23.1 Å². The Hall–Kier alpha value is -6.98. The molecule has 0 unspecified atom stereocenters. The zero-order chi connectivity index (χ0) is 34.6. The Morgan fingerprint density at radius 2 is 0.942 bits per heavy atom. The van der Waals surface area contributed by atoms with Gasteiger partial charge >= 0.3 is 0 Å². The Balaban J connectivity index is 1.19. The molecular weight excluding hydrogens is 642 g/mol. The molecule has 0 amide bonds. The van der Waals surface area contributed by atoms with Crippen LogP contribution in [0.15, 0.2) is 174 Å². The van der Waals surface area contributed by atoms with E-state index in [1.807, 2.05) is 54.6 Å². The summed E-state index contributed by atoms with van der Waals surface area (Å²) >= 11 is 0. The van der Waals surface area contributed by atoms with Gasteiger partial charge in [0.1, 0.15) is 17.0 Å². The molecule has 0 N–H and O–H groups in total. The van der Waals surface area contributed by atoms with Crippen LogP contribution in [0.1, 0.15) is 0 Å². The zero-order valence-electron chi connectivity index (χ0n) is 27.8. The summed E-state index contributed by atoms with van der Waals surface area (Å²) < 4.78 is 20.7. The van der Waals surface area contributed by atoms with Crippen molar-refractivity contribution < 1.29 is 8.81 Å². The molecule has 0 spiro atoms. The van der Waals surface area contributed by atoms with Gasteiger partial charge in [-0.2, -0.15) is 0 Å². The molecule has 52 heavy (non-hydrogen) atoms. The molecule has 0 atom stereocenters. The van der Waals surface area contributed by atoms with Gasteiger partial charge in [0.2, 0.25) is 0 Å². The van der Waals surface area contributed by atoms with Crippen molar-refractivity contribution in [2.75, 3.05) is 0 Å². The molecule has 10 rings (SSSR count). The first kappa shape index (κ1) is 29.9. The van der Waals surface area contributed by atoms with Gasteiger partial charge in [0, 0.05) is 33.0 Å². The lowest BCUT2D eigenvalue weighted by molar-refractivity contribution is 0.628. The molecule has 244 valence electrons. The highest BCUT2D eigenvalue weighted by atomic mass is 19.1. The van der Waals surface area contributed by atoms with E-state index in [0.717, 1.165) is 60.5 Å². The normalized spacial score (nSPS) is 11.6. The molecule has 0 fully saturated rings. The summed E-state index contributed by atoms with van der Waals surface area (Å²) in [7, 11) is 0. The largest absolute Gasteiger partial charge is 0.455 e. The molecular formula is C47H28FN3O. The SMILES string of the molecule is Fc1ccc(-c2ccc(-c3nc(-c4ccccc4)nc(-c4ccc(-c5cccc6ccccc56)cc4)n3)c3c2oc2cc4ccccc4cc23)cc1. The fourth-order valence-corrected chi connectivity index (χ4v) is 7.23. The third kappa shape index (κ3) is 5.10. The lowest BCUT2D eigenvalue weighted by Gasteiger charge is -2.11. The minimum Gasteiger partial charge on any atom is -0.455 e. The minimum absolute atomic E-state index is 0.288. The van der Waals surface area contributed by atoms with Crippen LogP contribution in [0.3, 0.4) is 0 Å². The summed E-state index contributed by atoms with van der Waals surface area (Å²) in [6, 6.07) is 56.3. The van der Waals surface area contributed by atoms with Crippen molar-refractivity contribution in [3.8, 4) is 56.4 Å². The van der Waals surface area contributed by atoms with Crippen LogP contribution in [0.4, 0.5) is 4.39 Å². The standard InChI is InChI=1S/C47H28FN3O/c48-36-23-21-31(22-24-36)39-25-26-40(43-41-27-34-12-4-5-13-35(34)28-42(41)52-44(39)43)47-50-45(32-10-2-1-3-11-32)49-46(51-47)33-19-17-30(18-20-33)38-16-8-14-29-9-6-7-15-37(29)38/h1-28H. The molecule has 5 heteroatoms. The maximum Gasteiger partial charge on any atom is 0.164 e. The predicted molar refractivity (Wildman–Crippen MR) is 209 cm³/mol. The van der Waals surface area contributed by atoms with E-state index in [1.54, 1.807) is 12.1 Å². The van der Waals surface area contributed by atoms with Crippen molar-refractivity contribution in [3.05, 3.63) is 176 Å². The highest BCUT2D eigenvalue weighted by molar-refractivity contribution is 6.18. The number of benzene rings is 8. The Morgan fingerprint density at radius 3 is 1.71 bits per heavy atom. The monoisotopic (exact) mass is 669 g/mol. The molecule has 8 aromatic carbocycles. The van der Waals surface area contributed by atoms with Gasteiger partial charge in [-0.05, 0) is 74.6 Å². The number of hydrogen-bond acceptors (Lipinski definition) is 4. The van der Waals surface area contributed by atoms with E-state index < -0.39 is 0 Å². The van der Waals surface area contributed by atoms with Crippen molar-refractivity contribution in [1.82, 2.24) is 15.0 Å². The van der Waals surface area contributed by atoms with Gasteiger partial charge < -0.3 is 4.42 Å². The quantitative estimate of drug-likeness (QED) is 0.183. The maximum atomic E-state index is 14.0. The number of nitrogens with zero attached hydrogens (tertiary/aromatic N) is 3. The topological polar surface area (TPSA) is 51.8 Å². The van der Waals surface area contributed by atoms with Crippen LogP contribution < -0.4 is 0 Å². The summed E-state index contributed by atoms with van der Waals surface area (Å²) in [4.78, 5) is 15.3. The Morgan fingerprint density at radius 1 is 0.385 bits per heavy atom. The fraction of sp³-hybridized carbons (Fsp3) is 0. The van der Waals surface area contributed by atoms with E-state index in [9.17, 15) is 4.39 Å². The van der Waals surface area contributed by atoms with Gasteiger partial charge in [-0.25, -0.2) is 19.3 Å². The number of aromatic nitrogens is 3. The molecule has 10 aromatic rings. The number of hydrogen-bond donors (Lipinski definition) is 0. The third-order valence-electron chi connectivity index (χ3n) is 9.79. The Kier molecular flexibility index (Phi) is 6.96. The highest BCUT2D eigenvalue weighted by Gasteiger charge is 2.21. The predicted octanol–water partition coefficient (Wildman–Crippen LogP) is 12.6. The summed E-state index contributed by atoms with van der Waals surface area (Å²) in [5.74, 6) is 1.40. The molecule has 0 aliphatic heterocycles. The van der Waals surface area contributed by atoms with Crippen LogP contribution >= 0.6 is 0 Å². The molecule has 2 aromatic heterocycles. The molecule has 4 nitrogen and oxygen atoms in total. The second-order valence-electron chi connectivity index (χ2n) is 12.9. The fourth-order valence-electron chi connectivity index (χ4n) is 7.23. The van der Waals surface area contributed by atoms with Crippen LogP contribution in [0.2, 0.25) is 0 Å². The van der Waals surface area contributed by atoms with E-state index in [-0.39, 0.29) is 5.82 Å². The van der Waals surface area contributed by atoms with Crippen LogP contribution in [0.5, 0.6) is 0 Å². The average Bonchev–Trinajstić information content (AvgIpc) is 3.58. The lowest BCUT2D eigenvalue weighted by Crippen LogP contribution is -2.00. The Labute approximate surface area is 298 Å². The van der Waals surface area contributed by atoms with E-state index in [1.165, 1.54) is 28.5 Å². The maximum absolute atomic E-state index is 14.0. The number of fused-ring (bicyclic) bond motifs is 5. The van der Waals surface area contributed by atoms with Crippen LogP contribution in [0.25, 0.3) is 99.9 Å². The molecule has 0 saturated heterocycles. The number of halogens is 1. The molecule has 0 radical (unpaired) electrons. The van der Waals surface area contributed by atoms with Crippen LogP contribution in [-0.2, 0) is 0 Å². The molecule has 0 aliphatic rings. The third-order valence-corrected chi connectivity index (χ3v) is 9.79. The van der Waals surface area contributed by atoms with Crippen molar-refractivity contribution in [3.63, 3.8) is 0 Å². The first-order valence-electron chi connectivity index (χ1n) is 17.2. The summed E-state index contributed by atoms with van der Waals surface area (Å²) in [5, 5.41) is 6.44. The molecule has 2 heterocycles. The van der Waals surface area contributed by atoms with Crippen LogP contribution in [-0.4, -0.2) is 15.0 Å². The second kappa shape index (κ2) is 12.1. The molecule has 0 saturated carbocycles. The molecule has 0 bridgehead atoms. The first-order valence-corrected chi connectivity index (χ1v) is 17.2. The summed E-state index contributed by atoms with van der Waals surface area (Å²) in [6.45, 7) is 0. The van der Waals surface area contributed by atoms with Crippen molar-refractivity contribution in [1.29, 1.82) is 0 Å². The Bertz CT molecular complexity index is 2950. The van der Waals surface area contributed by atoms with E-state index >= 15 is 0 Å². The van der Waals surface area contributed by atoms with Gasteiger partial charge in [-0.1, -0.05) is 133 Å². The number of rotatable bonds is 5. The average molecular weight is 670 g/mol. The minimum atomic E-state index is -0.288. The summed E-state index contributed by atoms with van der Waals surface area (Å²) in [6.07, 6.45) is 0. The van der Waals surface area contributed by atoms with Gasteiger partial charge in [0.05, 0.1) is 0 Å². The lowest BCUT2D eigenvalue weighted by atomic mass is 9.97. The van der Waals surface area contributed by atoms with Crippen molar-refractivity contribution >= 4 is 43.5 Å². The van der Waals surface area contributed by atoms with E-state index in [4.69, 9.17) is 19.4 Å².